The summed E-state index contributed by atoms with van der Waals surface area (Å²) in [5.41, 5.74) is 1.20. The summed E-state index contributed by atoms with van der Waals surface area (Å²) in [6.45, 7) is 2.32. The average Bonchev–Trinajstić information content (AvgIpc) is 2.42. The zero-order valence-electron chi connectivity index (χ0n) is 11.0. The maximum absolute atomic E-state index is 4.50. The van der Waals surface area contributed by atoms with E-state index in [0.717, 1.165) is 11.8 Å². The number of nitrogens with one attached hydrogen (secondary N) is 1. The van der Waals surface area contributed by atoms with Crippen molar-refractivity contribution in [3.63, 3.8) is 0 Å². The van der Waals surface area contributed by atoms with E-state index in [0.29, 0.717) is 6.04 Å². The van der Waals surface area contributed by atoms with Gasteiger partial charge in [0.15, 0.2) is 0 Å². The van der Waals surface area contributed by atoms with E-state index in [4.69, 9.17) is 0 Å². The molecule has 0 aromatic carbocycles. The first kappa shape index (κ1) is 12.6. The second-order valence-corrected chi connectivity index (χ2v) is 5.21. The maximum atomic E-state index is 4.50. The Labute approximate surface area is 105 Å². The van der Waals surface area contributed by atoms with Crippen LogP contribution in [0.15, 0.2) is 24.4 Å². The third-order valence-corrected chi connectivity index (χ3v) is 4.26. The van der Waals surface area contributed by atoms with Gasteiger partial charge >= 0.3 is 0 Å². The van der Waals surface area contributed by atoms with Crippen LogP contribution in [-0.2, 0) is 0 Å². The molecule has 1 saturated carbocycles. The van der Waals surface area contributed by atoms with Crippen LogP contribution in [0.5, 0.6) is 0 Å². The molecule has 0 radical (unpaired) electrons. The topological polar surface area (TPSA) is 24.9 Å². The summed E-state index contributed by atoms with van der Waals surface area (Å²) < 4.78 is 0. The van der Waals surface area contributed by atoms with Gasteiger partial charge in [-0.1, -0.05) is 32.3 Å². The van der Waals surface area contributed by atoms with E-state index in [-0.39, 0.29) is 0 Å². The number of nitrogens with zero attached hydrogens (tertiary/aromatic N) is 1. The van der Waals surface area contributed by atoms with Gasteiger partial charge in [0, 0.05) is 6.20 Å². The predicted octanol–water partition coefficient (Wildman–Crippen LogP) is 3.56. The zero-order valence-corrected chi connectivity index (χ0v) is 11.0. The molecule has 0 aliphatic heterocycles. The van der Waals surface area contributed by atoms with Crippen LogP contribution in [0.4, 0.5) is 0 Å². The molecule has 94 valence electrons. The first-order chi connectivity index (χ1) is 8.35. The molecule has 1 fully saturated rings. The molecule has 2 nitrogen and oxygen atoms in total. The maximum Gasteiger partial charge on any atom is 0.0575 e. The highest BCUT2D eigenvalue weighted by Gasteiger charge is 2.27. The lowest BCUT2D eigenvalue weighted by atomic mass is 9.77. The quantitative estimate of drug-likeness (QED) is 0.858. The van der Waals surface area contributed by atoms with Crippen molar-refractivity contribution >= 4 is 0 Å². The molecule has 1 atom stereocenters. The Morgan fingerprint density at radius 3 is 2.59 bits per heavy atom. The Balaban J connectivity index is 2.00. The highest BCUT2D eigenvalue weighted by atomic mass is 14.9. The summed E-state index contributed by atoms with van der Waals surface area (Å²) in [7, 11) is 2.06. The molecule has 1 aromatic heterocycles. The minimum Gasteiger partial charge on any atom is -0.311 e. The summed E-state index contributed by atoms with van der Waals surface area (Å²) in [5.74, 6) is 1.73. The van der Waals surface area contributed by atoms with Crippen molar-refractivity contribution < 1.29 is 0 Å². The molecule has 1 heterocycles. The van der Waals surface area contributed by atoms with E-state index in [1.165, 1.54) is 37.8 Å². The van der Waals surface area contributed by atoms with Crippen molar-refractivity contribution in [2.45, 2.75) is 45.1 Å². The SMILES string of the molecule is CCC1CCC(C(NC)c2ccccn2)CC1. The van der Waals surface area contributed by atoms with Crippen molar-refractivity contribution in [3.8, 4) is 0 Å². The van der Waals surface area contributed by atoms with E-state index in [2.05, 4.69) is 36.4 Å². The van der Waals surface area contributed by atoms with E-state index >= 15 is 0 Å². The van der Waals surface area contributed by atoms with Gasteiger partial charge in [0.25, 0.3) is 0 Å². The number of hydrogen-bond donors (Lipinski definition) is 1. The van der Waals surface area contributed by atoms with Gasteiger partial charge in [-0.15, -0.1) is 0 Å². The lowest BCUT2D eigenvalue weighted by Crippen LogP contribution is -2.29. The van der Waals surface area contributed by atoms with Crippen LogP contribution in [0.25, 0.3) is 0 Å². The molecule has 1 aliphatic carbocycles. The highest BCUT2D eigenvalue weighted by molar-refractivity contribution is 5.10. The van der Waals surface area contributed by atoms with Gasteiger partial charge in [-0.2, -0.15) is 0 Å². The third-order valence-electron chi connectivity index (χ3n) is 4.26. The molecule has 1 aliphatic rings. The summed E-state index contributed by atoms with van der Waals surface area (Å²) in [6, 6.07) is 6.66. The van der Waals surface area contributed by atoms with Gasteiger partial charge < -0.3 is 5.32 Å². The van der Waals surface area contributed by atoms with Crippen LogP contribution in [-0.4, -0.2) is 12.0 Å². The number of pyridine rings is 1. The minimum absolute atomic E-state index is 0.439. The lowest BCUT2D eigenvalue weighted by Gasteiger charge is -2.33. The van der Waals surface area contributed by atoms with Gasteiger partial charge in [0.05, 0.1) is 11.7 Å². The van der Waals surface area contributed by atoms with Crippen molar-refractivity contribution in [2.75, 3.05) is 7.05 Å². The van der Waals surface area contributed by atoms with Crippen molar-refractivity contribution in [3.05, 3.63) is 30.1 Å². The predicted molar refractivity (Wildman–Crippen MR) is 71.8 cm³/mol. The molecular formula is C15H24N2. The fraction of sp³-hybridized carbons (Fsp3) is 0.667. The average molecular weight is 232 g/mol. The molecule has 2 rings (SSSR count). The Hall–Kier alpha value is -0.890. The highest BCUT2D eigenvalue weighted by Crippen LogP contribution is 2.37. The largest absolute Gasteiger partial charge is 0.311 e. The van der Waals surface area contributed by atoms with E-state index in [1.807, 2.05) is 12.3 Å². The molecule has 0 spiro atoms. The molecule has 0 bridgehead atoms. The standard InChI is InChI=1S/C15H24N2/c1-3-12-7-9-13(10-8-12)15(16-2)14-6-4-5-11-17-14/h4-6,11-13,15-16H,3,7-10H2,1-2H3. The van der Waals surface area contributed by atoms with Gasteiger partial charge in [0.1, 0.15) is 0 Å². The van der Waals surface area contributed by atoms with Crippen LogP contribution >= 0.6 is 0 Å². The number of hydrogen-bond acceptors (Lipinski definition) is 2. The van der Waals surface area contributed by atoms with E-state index < -0.39 is 0 Å². The van der Waals surface area contributed by atoms with Gasteiger partial charge in [0.2, 0.25) is 0 Å². The minimum atomic E-state index is 0.439. The summed E-state index contributed by atoms with van der Waals surface area (Å²) in [5, 5.41) is 3.46. The molecule has 1 unspecified atom stereocenters. The van der Waals surface area contributed by atoms with E-state index in [9.17, 15) is 0 Å². The molecule has 1 N–H and O–H groups in total. The van der Waals surface area contributed by atoms with Crippen molar-refractivity contribution in [1.82, 2.24) is 10.3 Å². The second-order valence-electron chi connectivity index (χ2n) is 5.21. The monoisotopic (exact) mass is 232 g/mol. The smallest absolute Gasteiger partial charge is 0.0575 e. The number of aromatic nitrogens is 1. The normalized spacial score (nSPS) is 26.7. The summed E-state index contributed by atoms with van der Waals surface area (Å²) >= 11 is 0. The van der Waals surface area contributed by atoms with Gasteiger partial charge in [-0.05, 0) is 43.9 Å². The van der Waals surface area contributed by atoms with Gasteiger partial charge in [-0.25, -0.2) is 0 Å². The Morgan fingerprint density at radius 1 is 1.29 bits per heavy atom. The fourth-order valence-electron chi connectivity index (χ4n) is 3.11. The van der Waals surface area contributed by atoms with Gasteiger partial charge in [-0.3, -0.25) is 4.98 Å². The molecular weight excluding hydrogens is 208 g/mol. The Kier molecular flexibility index (Phi) is 4.55. The number of rotatable bonds is 4. The fourth-order valence-corrected chi connectivity index (χ4v) is 3.11. The van der Waals surface area contributed by atoms with Crippen LogP contribution in [0.1, 0.15) is 50.8 Å². The molecule has 2 heteroatoms. The van der Waals surface area contributed by atoms with Crippen molar-refractivity contribution in [1.29, 1.82) is 0 Å². The summed E-state index contributed by atoms with van der Waals surface area (Å²) in [4.78, 5) is 4.50. The van der Waals surface area contributed by atoms with Crippen molar-refractivity contribution in [2.24, 2.45) is 11.8 Å². The first-order valence-corrected chi connectivity index (χ1v) is 6.93. The lowest BCUT2D eigenvalue weighted by molar-refractivity contribution is 0.222. The molecule has 0 saturated heterocycles. The zero-order chi connectivity index (χ0) is 12.1. The molecule has 1 aromatic rings. The molecule has 0 amide bonds. The summed E-state index contributed by atoms with van der Waals surface area (Å²) in [6.07, 6.45) is 8.73. The van der Waals surface area contributed by atoms with Crippen LogP contribution in [0.2, 0.25) is 0 Å². The Bertz CT molecular complexity index is 315. The van der Waals surface area contributed by atoms with E-state index in [1.54, 1.807) is 0 Å². The third kappa shape index (κ3) is 3.06. The second kappa shape index (κ2) is 6.15. The van der Waals surface area contributed by atoms with Crippen LogP contribution < -0.4 is 5.32 Å². The Morgan fingerprint density at radius 2 is 2.06 bits per heavy atom. The molecule has 17 heavy (non-hydrogen) atoms. The first-order valence-electron chi connectivity index (χ1n) is 6.93. The van der Waals surface area contributed by atoms with Crippen LogP contribution in [0.3, 0.4) is 0 Å². The van der Waals surface area contributed by atoms with Crippen LogP contribution in [0, 0.1) is 11.8 Å².